The monoisotopic (exact) mass is 607 g/mol. The van der Waals surface area contributed by atoms with Crippen LogP contribution < -0.4 is 15.4 Å². The number of nitrogens with two attached hydrogens (primary N) is 1. The predicted octanol–water partition coefficient (Wildman–Crippen LogP) is 5.50. The minimum atomic E-state index is -6.08. The van der Waals surface area contributed by atoms with E-state index in [1.807, 2.05) is 0 Å². The number of carbonyl (C=O) groups is 3. The zero-order valence-electron chi connectivity index (χ0n) is 23.0. The van der Waals surface area contributed by atoms with Gasteiger partial charge in [0.05, 0.1) is 18.8 Å². The highest BCUT2D eigenvalue weighted by atomic mass is 19.4. The number of nitrogens with zero attached hydrogens (tertiary/aromatic N) is 2. The van der Waals surface area contributed by atoms with Crippen LogP contribution in [0, 0.1) is 11.2 Å². The molecule has 2 N–H and O–H groups in total. The van der Waals surface area contributed by atoms with Gasteiger partial charge in [-0.2, -0.15) is 22.0 Å². The second-order valence-corrected chi connectivity index (χ2v) is 10.4. The molecule has 43 heavy (non-hydrogen) atoms. The Morgan fingerprint density at radius 2 is 1.49 bits per heavy atom. The van der Waals surface area contributed by atoms with Crippen molar-refractivity contribution in [2.24, 2.45) is 11.1 Å². The van der Waals surface area contributed by atoms with Crippen LogP contribution in [-0.2, 0) is 14.4 Å². The van der Waals surface area contributed by atoms with Crippen molar-refractivity contribution in [1.29, 1.82) is 0 Å². The average Bonchev–Trinajstić information content (AvgIpc) is 3.04. The maximum Gasteiger partial charge on any atom is 0.455 e. The van der Waals surface area contributed by atoms with Crippen molar-refractivity contribution < 1.29 is 45.5 Å². The van der Waals surface area contributed by atoms with Crippen LogP contribution in [0.15, 0.2) is 72.8 Å². The Kier molecular flexibility index (Phi) is 8.48. The summed E-state index contributed by atoms with van der Waals surface area (Å²) in [5.41, 5.74) is 4.05. The maximum absolute atomic E-state index is 14.7. The average molecular weight is 608 g/mol. The number of benzene rings is 3. The minimum absolute atomic E-state index is 0.0338. The van der Waals surface area contributed by atoms with Crippen molar-refractivity contribution in [2.75, 3.05) is 24.6 Å². The minimum Gasteiger partial charge on any atom is -0.492 e. The lowest BCUT2D eigenvalue weighted by Crippen LogP contribution is -2.57. The fraction of sp³-hybridized carbons (Fsp3) is 0.300. The zero-order chi connectivity index (χ0) is 31.7. The largest absolute Gasteiger partial charge is 0.492 e. The molecule has 1 heterocycles. The van der Waals surface area contributed by atoms with Crippen LogP contribution >= 0.6 is 0 Å². The second-order valence-electron chi connectivity index (χ2n) is 10.4. The maximum atomic E-state index is 14.7. The Bertz CT molecular complexity index is 1520. The molecule has 0 aromatic heterocycles. The predicted molar refractivity (Wildman–Crippen MR) is 145 cm³/mol. The van der Waals surface area contributed by atoms with E-state index < -0.39 is 53.6 Å². The number of alkyl halides is 5. The number of para-hydroxylation sites is 1. The van der Waals surface area contributed by atoms with Crippen LogP contribution in [0.2, 0.25) is 0 Å². The van der Waals surface area contributed by atoms with E-state index in [4.69, 9.17) is 10.5 Å². The van der Waals surface area contributed by atoms with Gasteiger partial charge >= 0.3 is 12.1 Å². The van der Waals surface area contributed by atoms with E-state index in [2.05, 4.69) is 0 Å². The number of anilines is 1. The smallest absolute Gasteiger partial charge is 0.455 e. The van der Waals surface area contributed by atoms with Crippen molar-refractivity contribution in [1.82, 2.24) is 4.90 Å². The van der Waals surface area contributed by atoms with Gasteiger partial charge < -0.3 is 20.3 Å². The number of fused-ring (bicyclic) bond motifs is 3. The lowest BCUT2D eigenvalue weighted by Gasteiger charge is -2.39. The zero-order valence-corrected chi connectivity index (χ0v) is 23.0. The summed E-state index contributed by atoms with van der Waals surface area (Å²) in [5.74, 6) is -9.52. The normalized spacial score (nSPS) is 15.3. The highest BCUT2D eigenvalue weighted by molar-refractivity contribution is 6.09. The van der Waals surface area contributed by atoms with E-state index in [-0.39, 0.29) is 35.1 Å². The molecule has 0 saturated carbocycles. The summed E-state index contributed by atoms with van der Waals surface area (Å²) in [6, 6.07) is 15.3. The van der Waals surface area contributed by atoms with Gasteiger partial charge in [-0.05, 0) is 55.3 Å². The molecule has 228 valence electrons. The first kappa shape index (κ1) is 31.4. The molecule has 3 aromatic carbocycles. The number of primary amides is 1. The van der Waals surface area contributed by atoms with Crippen LogP contribution in [0.3, 0.4) is 0 Å². The highest BCUT2D eigenvalue weighted by Gasteiger charge is 2.60. The molecule has 0 radical (unpaired) electrons. The topological polar surface area (TPSA) is 92.9 Å². The van der Waals surface area contributed by atoms with E-state index in [1.54, 1.807) is 30.3 Å². The first-order valence-corrected chi connectivity index (χ1v) is 13.0. The quantitative estimate of drug-likeness (QED) is 0.257. The van der Waals surface area contributed by atoms with Crippen molar-refractivity contribution in [3.8, 4) is 16.9 Å². The van der Waals surface area contributed by atoms with Crippen LogP contribution in [0.1, 0.15) is 25.5 Å². The Labute approximate surface area is 242 Å². The van der Waals surface area contributed by atoms with E-state index in [9.17, 15) is 40.7 Å². The molecule has 0 saturated heterocycles. The SMILES string of the molecule is CC(C)(C(N)=O)C(=O)N(CC(F)(F)C(F)(F)F)[C@@H]1C(=O)N(CCOc2ccc(F)cc2)c2ccccc2-c2ccccc21. The number of amides is 3. The number of rotatable bonds is 9. The molecule has 0 fully saturated rings. The molecule has 0 aliphatic carbocycles. The molecule has 1 atom stereocenters. The molecule has 0 bridgehead atoms. The highest BCUT2D eigenvalue weighted by Crippen LogP contribution is 2.45. The molecule has 1 aliphatic rings. The van der Waals surface area contributed by atoms with Gasteiger partial charge in [0, 0.05) is 5.56 Å². The second kappa shape index (κ2) is 11.6. The molecule has 3 amide bonds. The van der Waals surface area contributed by atoms with Gasteiger partial charge in [0.1, 0.15) is 29.6 Å². The summed E-state index contributed by atoms with van der Waals surface area (Å²) in [7, 11) is 0. The number of ether oxygens (including phenoxy) is 1. The molecular weight excluding hydrogens is 580 g/mol. The van der Waals surface area contributed by atoms with E-state index >= 15 is 0 Å². The standard InChI is InChI=1S/C30H27F6N3O4/c1-28(2,26(37)41)27(42)39(17-29(32,33)30(34,35)36)24-22-9-4-3-7-20(22)21-8-5-6-10-23(21)38(25(24)40)15-16-43-19-13-11-18(31)12-14-19/h3-14,24H,15-17H2,1-2H3,(H2,37,41)/t24-/m0/s1. The van der Waals surface area contributed by atoms with E-state index in [1.165, 1.54) is 30.3 Å². The third-order valence-corrected chi connectivity index (χ3v) is 7.14. The number of carbonyl (C=O) groups excluding carboxylic acids is 3. The van der Waals surface area contributed by atoms with Crippen LogP contribution in [0.25, 0.3) is 11.1 Å². The van der Waals surface area contributed by atoms with E-state index in [0.717, 1.165) is 30.9 Å². The van der Waals surface area contributed by atoms with Gasteiger partial charge in [-0.25, -0.2) is 4.39 Å². The first-order chi connectivity index (χ1) is 20.1. The summed E-state index contributed by atoms with van der Waals surface area (Å²) < 4.78 is 88.7. The number of halogens is 6. The number of hydrogen-bond donors (Lipinski definition) is 1. The van der Waals surface area contributed by atoms with Crippen LogP contribution in [0.4, 0.5) is 32.0 Å². The van der Waals surface area contributed by atoms with Crippen molar-refractivity contribution in [2.45, 2.75) is 32.0 Å². The molecule has 13 heteroatoms. The fourth-order valence-corrected chi connectivity index (χ4v) is 4.68. The van der Waals surface area contributed by atoms with Crippen molar-refractivity contribution >= 4 is 23.4 Å². The fourth-order valence-electron chi connectivity index (χ4n) is 4.68. The Hall–Kier alpha value is -4.55. The lowest BCUT2D eigenvalue weighted by molar-refractivity contribution is -0.286. The summed E-state index contributed by atoms with van der Waals surface area (Å²) >= 11 is 0. The van der Waals surface area contributed by atoms with Gasteiger partial charge in [-0.15, -0.1) is 0 Å². The molecular formula is C30H27F6N3O4. The van der Waals surface area contributed by atoms with Gasteiger partial charge in [0.2, 0.25) is 11.8 Å². The molecule has 1 aliphatic heterocycles. The summed E-state index contributed by atoms with van der Waals surface area (Å²) in [5, 5.41) is 0. The van der Waals surface area contributed by atoms with Gasteiger partial charge in [-0.1, -0.05) is 42.5 Å². The van der Waals surface area contributed by atoms with Crippen LogP contribution in [-0.4, -0.2) is 54.4 Å². The summed E-state index contributed by atoms with van der Waals surface area (Å²) in [6.45, 7) is -0.741. The van der Waals surface area contributed by atoms with Gasteiger partial charge in [-0.3, -0.25) is 14.4 Å². The Balaban J connectivity index is 1.87. The third kappa shape index (κ3) is 6.15. The molecule has 7 nitrogen and oxygen atoms in total. The van der Waals surface area contributed by atoms with Crippen molar-refractivity contribution in [3.63, 3.8) is 0 Å². The number of hydrogen-bond acceptors (Lipinski definition) is 4. The molecule has 3 aromatic rings. The summed E-state index contributed by atoms with van der Waals surface area (Å²) in [6.07, 6.45) is -6.08. The molecule has 0 spiro atoms. The Morgan fingerprint density at radius 3 is 2.09 bits per heavy atom. The van der Waals surface area contributed by atoms with Crippen molar-refractivity contribution in [3.05, 3.63) is 84.2 Å². The van der Waals surface area contributed by atoms with E-state index in [0.29, 0.717) is 11.1 Å². The van der Waals surface area contributed by atoms with Gasteiger partial charge in [0.15, 0.2) is 0 Å². The molecule has 4 rings (SSSR count). The van der Waals surface area contributed by atoms with Crippen LogP contribution in [0.5, 0.6) is 5.75 Å². The summed E-state index contributed by atoms with van der Waals surface area (Å²) in [4.78, 5) is 41.4. The molecule has 0 unspecified atom stereocenters. The third-order valence-electron chi connectivity index (χ3n) is 7.14. The Morgan fingerprint density at radius 1 is 0.907 bits per heavy atom. The first-order valence-electron chi connectivity index (χ1n) is 13.0. The van der Waals surface area contributed by atoms with Gasteiger partial charge in [0.25, 0.3) is 5.91 Å². The lowest BCUT2D eigenvalue weighted by atomic mass is 9.88.